The first-order valence-electron chi connectivity index (χ1n) is 9.29. The largest absolute Gasteiger partial charge is 0.387 e. The van der Waals surface area contributed by atoms with E-state index in [1.165, 1.54) is 4.31 Å². The molecule has 1 atom stereocenters. The number of pyridine rings is 1. The fourth-order valence-electron chi connectivity index (χ4n) is 3.73. The molecular weight excluding hydrogens is 368 g/mol. The summed E-state index contributed by atoms with van der Waals surface area (Å²) in [5, 5.41) is 3.80. The molecule has 1 saturated carbocycles. The van der Waals surface area contributed by atoms with Gasteiger partial charge >= 0.3 is 0 Å². The summed E-state index contributed by atoms with van der Waals surface area (Å²) < 4.78 is 26.7. The second-order valence-electron chi connectivity index (χ2n) is 7.65. The van der Waals surface area contributed by atoms with Crippen LogP contribution in [0.5, 0.6) is 0 Å². The minimum atomic E-state index is -3.25. The summed E-state index contributed by atoms with van der Waals surface area (Å²) in [7, 11) is -1.54. The van der Waals surface area contributed by atoms with E-state index in [1.807, 2.05) is 18.2 Å². The van der Waals surface area contributed by atoms with E-state index in [-0.39, 0.29) is 17.7 Å². The average molecular weight is 392 g/mol. The molecule has 0 bridgehead atoms. The lowest BCUT2D eigenvalue weighted by Crippen LogP contribution is -2.51. The third-order valence-corrected chi connectivity index (χ3v) is 7.71. The van der Waals surface area contributed by atoms with Crippen molar-refractivity contribution in [1.29, 1.82) is 0 Å². The second kappa shape index (κ2) is 6.87. The Morgan fingerprint density at radius 2 is 2.22 bits per heavy atom. The fourth-order valence-corrected chi connectivity index (χ4v) is 5.69. The Labute approximate surface area is 159 Å². The van der Waals surface area contributed by atoms with E-state index >= 15 is 0 Å². The van der Waals surface area contributed by atoms with Crippen LogP contribution in [-0.4, -0.2) is 65.2 Å². The lowest BCUT2D eigenvalue weighted by atomic mass is 9.89. The number of carbonyl (C=O) groups excluding carboxylic acids is 1. The summed E-state index contributed by atoms with van der Waals surface area (Å²) in [4.78, 5) is 24.2. The van der Waals surface area contributed by atoms with Crippen molar-refractivity contribution in [1.82, 2.24) is 14.2 Å². The predicted octanol–water partition coefficient (Wildman–Crippen LogP) is 1.14. The highest BCUT2D eigenvalue weighted by atomic mass is 32.2. The molecule has 1 aliphatic carbocycles. The van der Waals surface area contributed by atoms with E-state index < -0.39 is 15.6 Å². The molecule has 1 unspecified atom stereocenters. The maximum absolute atomic E-state index is 12.7. The van der Waals surface area contributed by atoms with Crippen molar-refractivity contribution in [2.45, 2.75) is 49.5 Å². The molecule has 1 spiro atoms. The Hall–Kier alpha value is -2.00. The Balaban J connectivity index is 1.40. The second-order valence-corrected chi connectivity index (χ2v) is 9.87. The van der Waals surface area contributed by atoms with Crippen molar-refractivity contribution >= 4 is 21.6 Å². The molecule has 2 aliphatic heterocycles. The molecule has 0 radical (unpaired) electrons. The fraction of sp³-hybridized carbons (Fsp3) is 0.611. The molecule has 3 aliphatic rings. The van der Waals surface area contributed by atoms with Gasteiger partial charge in [-0.05, 0) is 37.8 Å². The van der Waals surface area contributed by atoms with E-state index in [2.05, 4.69) is 10.1 Å². The topological polar surface area (TPSA) is 92.2 Å². The quantitative estimate of drug-likeness (QED) is 0.749. The van der Waals surface area contributed by atoms with Gasteiger partial charge in [-0.25, -0.2) is 8.42 Å². The van der Waals surface area contributed by atoms with Gasteiger partial charge in [-0.2, -0.15) is 4.31 Å². The molecule has 146 valence electrons. The van der Waals surface area contributed by atoms with Crippen molar-refractivity contribution in [2.75, 3.05) is 20.1 Å². The number of hydrogen-bond acceptors (Lipinski definition) is 6. The van der Waals surface area contributed by atoms with Gasteiger partial charge < -0.3 is 9.74 Å². The lowest BCUT2D eigenvalue weighted by molar-refractivity contribution is -0.123. The van der Waals surface area contributed by atoms with Crippen molar-refractivity contribution in [2.24, 2.45) is 5.16 Å². The monoisotopic (exact) mass is 392 g/mol. The Bertz CT molecular complexity index is 853. The summed E-state index contributed by atoms with van der Waals surface area (Å²) in [6.07, 6.45) is 4.93. The van der Waals surface area contributed by atoms with Gasteiger partial charge in [0.25, 0.3) is 5.91 Å². The predicted molar refractivity (Wildman–Crippen MR) is 99.3 cm³/mol. The molecule has 1 aromatic heterocycles. The SMILES string of the molecule is CN(Cc1ccccn1)C(=O)C1=NOC2(CCCN(S(=O)(=O)C3CC3)C2)C1. The smallest absolute Gasteiger partial charge is 0.271 e. The van der Waals surface area contributed by atoms with Gasteiger partial charge in [0.1, 0.15) is 5.71 Å². The Morgan fingerprint density at radius 1 is 1.41 bits per heavy atom. The number of aromatic nitrogens is 1. The van der Waals surface area contributed by atoms with Crippen LogP contribution in [0.25, 0.3) is 0 Å². The van der Waals surface area contributed by atoms with E-state index in [9.17, 15) is 13.2 Å². The van der Waals surface area contributed by atoms with Crippen LogP contribution < -0.4 is 0 Å². The van der Waals surface area contributed by atoms with Crippen LogP contribution in [0.3, 0.4) is 0 Å². The molecule has 4 rings (SSSR count). The van der Waals surface area contributed by atoms with Crippen LogP contribution in [-0.2, 0) is 26.2 Å². The first-order valence-corrected chi connectivity index (χ1v) is 10.8. The van der Waals surface area contributed by atoms with Crippen molar-refractivity contribution in [3.63, 3.8) is 0 Å². The van der Waals surface area contributed by atoms with Crippen LogP contribution in [0.15, 0.2) is 29.6 Å². The number of nitrogens with zero attached hydrogens (tertiary/aromatic N) is 4. The molecule has 1 aromatic rings. The zero-order valence-corrected chi connectivity index (χ0v) is 16.2. The van der Waals surface area contributed by atoms with Crippen molar-refractivity contribution in [3.8, 4) is 0 Å². The summed E-state index contributed by atoms with van der Waals surface area (Å²) in [5.41, 5.74) is 0.429. The highest BCUT2D eigenvalue weighted by Gasteiger charge is 2.50. The maximum atomic E-state index is 12.7. The highest BCUT2D eigenvalue weighted by molar-refractivity contribution is 7.90. The van der Waals surface area contributed by atoms with E-state index in [0.29, 0.717) is 38.1 Å². The third kappa shape index (κ3) is 3.70. The number of rotatable bonds is 5. The molecule has 0 N–H and O–H groups in total. The van der Waals surface area contributed by atoms with Crippen LogP contribution in [0.4, 0.5) is 0 Å². The first-order chi connectivity index (χ1) is 12.9. The summed E-state index contributed by atoms with van der Waals surface area (Å²) >= 11 is 0. The first kappa shape index (κ1) is 18.4. The molecular formula is C18H24N4O4S. The van der Waals surface area contributed by atoms with Gasteiger partial charge in [0, 0.05) is 26.2 Å². The molecule has 8 nitrogen and oxygen atoms in total. The van der Waals surface area contributed by atoms with Crippen LogP contribution in [0.1, 0.15) is 37.8 Å². The van der Waals surface area contributed by atoms with Crippen molar-refractivity contribution in [3.05, 3.63) is 30.1 Å². The molecule has 9 heteroatoms. The minimum absolute atomic E-state index is 0.209. The molecule has 3 heterocycles. The number of hydrogen-bond donors (Lipinski definition) is 0. The van der Waals surface area contributed by atoms with Crippen LogP contribution in [0, 0.1) is 0 Å². The van der Waals surface area contributed by atoms with Gasteiger partial charge in [-0.3, -0.25) is 9.78 Å². The number of piperidine rings is 1. The number of oxime groups is 1. The number of amides is 1. The van der Waals surface area contributed by atoms with E-state index in [4.69, 9.17) is 4.84 Å². The number of sulfonamides is 1. The normalized spacial score (nSPS) is 25.9. The lowest BCUT2D eigenvalue weighted by Gasteiger charge is -2.37. The standard InChI is InChI=1S/C18H24N4O4S/c1-21(12-14-5-2-3-9-19-14)17(23)16-11-18(26-20-16)8-4-10-22(13-18)27(24,25)15-6-7-15/h2-3,5,9,15H,4,6-8,10-13H2,1H3. The van der Waals surface area contributed by atoms with Gasteiger partial charge in [-0.1, -0.05) is 11.2 Å². The molecule has 27 heavy (non-hydrogen) atoms. The van der Waals surface area contributed by atoms with Crippen LogP contribution in [0.2, 0.25) is 0 Å². The third-order valence-electron chi connectivity index (χ3n) is 5.37. The Morgan fingerprint density at radius 3 is 2.93 bits per heavy atom. The maximum Gasteiger partial charge on any atom is 0.271 e. The number of carbonyl (C=O) groups is 1. The van der Waals surface area contributed by atoms with Gasteiger partial charge in [0.15, 0.2) is 5.60 Å². The highest BCUT2D eigenvalue weighted by Crippen LogP contribution is 2.38. The average Bonchev–Trinajstić information content (AvgIpc) is 3.46. The zero-order valence-electron chi connectivity index (χ0n) is 15.4. The minimum Gasteiger partial charge on any atom is -0.387 e. The summed E-state index contributed by atoms with van der Waals surface area (Å²) in [5.74, 6) is -0.209. The zero-order chi connectivity index (χ0) is 19.1. The van der Waals surface area contributed by atoms with Gasteiger partial charge in [-0.15, -0.1) is 0 Å². The molecule has 2 fully saturated rings. The van der Waals surface area contributed by atoms with Gasteiger partial charge in [0.2, 0.25) is 10.0 Å². The molecule has 1 saturated heterocycles. The van der Waals surface area contributed by atoms with E-state index in [1.54, 1.807) is 18.1 Å². The molecule has 0 aromatic carbocycles. The van der Waals surface area contributed by atoms with Crippen molar-refractivity contribution < 1.29 is 18.0 Å². The van der Waals surface area contributed by atoms with Crippen LogP contribution >= 0.6 is 0 Å². The Kier molecular flexibility index (Phi) is 4.67. The van der Waals surface area contributed by atoms with Gasteiger partial charge in [0.05, 0.1) is 24.0 Å². The summed E-state index contributed by atoms with van der Waals surface area (Å²) in [6, 6.07) is 5.57. The summed E-state index contributed by atoms with van der Waals surface area (Å²) in [6.45, 7) is 1.18. The molecule has 1 amide bonds. The van der Waals surface area contributed by atoms with E-state index in [0.717, 1.165) is 18.5 Å².